The van der Waals surface area contributed by atoms with Crippen LogP contribution in [0.4, 0.5) is 4.39 Å². The maximum absolute atomic E-state index is 13.5. The Morgan fingerprint density at radius 1 is 1.45 bits per heavy atom. The zero-order valence-corrected chi connectivity index (χ0v) is 11.7. The molecule has 1 aliphatic heterocycles. The molecule has 7 heteroatoms. The van der Waals surface area contributed by atoms with Gasteiger partial charge in [0.1, 0.15) is 5.82 Å². The second kappa shape index (κ2) is 5.87. The molecule has 108 valence electrons. The Morgan fingerprint density at radius 2 is 2.25 bits per heavy atom. The van der Waals surface area contributed by atoms with Crippen LogP contribution in [0.5, 0.6) is 0 Å². The molecule has 2 atom stereocenters. The minimum atomic E-state index is -0.392. The van der Waals surface area contributed by atoms with E-state index in [0.717, 1.165) is 0 Å². The van der Waals surface area contributed by atoms with Crippen LogP contribution in [0, 0.1) is 12.7 Å². The smallest absolute Gasteiger partial charge is 0.244 e. The Morgan fingerprint density at radius 3 is 2.90 bits per heavy atom. The number of hydrogen-bond acceptors (Lipinski definition) is 5. The number of aliphatic hydroxyl groups is 1. The van der Waals surface area contributed by atoms with Crippen molar-refractivity contribution in [3.05, 3.63) is 35.5 Å². The van der Waals surface area contributed by atoms with E-state index in [9.17, 15) is 9.50 Å². The Balaban J connectivity index is 0.00000147. The van der Waals surface area contributed by atoms with E-state index in [0.29, 0.717) is 35.8 Å². The normalized spacial score (nSPS) is 21.8. The zero-order valence-electron chi connectivity index (χ0n) is 10.8. The first kappa shape index (κ1) is 14.9. The van der Waals surface area contributed by atoms with Gasteiger partial charge in [0.2, 0.25) is 11.7 Å². The molecule has 2 aromatic rings. The van der Waals surface area contributed by atoms with Crippen LogP contribution in [-0.2, 0) is 0 Å². The summed E-state index contributed by atoms with van der Waals surface area (Å²) in [6, 6.07) is 4.69. The molecule has 0 bridgehead atoms. The van der Waals surface area contributed by atoms with Gasteiger partial charge in [-0.3, -0.25) is 0 Å². The maximum atomic E-state index is 13.5. The van der Waals surface area contributed by atoms with Crippen molar-refractivity contribution in [2.75, 3.05) is 6.54 Å². The number of β-amino-alcohol motifs (C(OH)–C–C–N with tert-alkyl or cyclic N) is 1. The van der Waals surface area contributed by atoms with Gasteiger partial charge >= 0.3 is 0 Å². The summed E-state index contributed by atoms with van der Waals surface area (Å²) in [5, 5.41) is 16.4. The van der Waals surface area contributed by atoms with Crippen LogP contribution in [0.2, 0.25) is 0 Å². The fraction of sp³-hybridized carbons (Fsp3) is 0.385. The van der Waals surface area contributed by atoms with Gasteiger partial charge in [-0.15, -0.1) is 12.4 Å². The van der Waals surface area contributed by atoms with E-state index in [1.54, 1.807) is 19.1 Å². The summed E-state index contributed by atoms with van der Waals surface area (Å²) in [5.41, 5.74) is 1.16. The van der Waals surface area contributed by atoms with Crippen molar-refractivity contribution >= 4 is 12.4 Å². The molecule has 1 fully saturated rings. The quantitative estimate of drug-likeness (QED) is 0.887. The first-order valence-corrected chi connectivity index (χ1v) is 6.15. The van der Waals surface area contributed by atoms with Gasteiger partial charge in [-0.2, -0.15) is 4.98 Å². The molecule has 2 N–H and O–H groups in total. The van der Waals surface area contributed by atoms with Crippen molar-refractivity contribution in [2.45, 2.75) is 25.5 Å². The number of aryl methyl sites for hydroxylation is 1. The standard InChI is InChI=1S/C13H14FN3O2.ClH/c1-7-2-3-8(4-10(7)14)12-16-13(19-17-12)11-5-9(18)6-15-11;/h2-4,9,11,15,18H,5-6H2,1H3;1H/t9-,11+;/m0./s1. The molecule has 1 aliphatic rings. The fourth-order valence-corrected chi connectivity index (χ4v) is 2.13. The Labute approximate surface area is 121 Å². The van der Waals surface area contributed by atoms with Crippen molar-refractivity contribution in [2.24, 2.45) is 0 Å². The number of nitrogens with one attached hydrogen (secondary N) is 1. The Kier molecular flexibility index (Phi) is 4.37. The van der Waals surface area contributed by atoms with E-state index in [-0.39, 0.29) is 24.3 Å². The Hall–Kier alpha value is -1.50. The number of rotatable bonds is 2. The summed E-state index contributed by atoms with van der Waals surface area (Å²) in [4.78, 5) is 4.25. The monoisotopic (exact) mass is 299 g/mol. The van der Waals surface area contributed by atoms with Gasteiger partial charge in [0.15, 0.2) is 0 Å². The van der Waals surface area contributed by atoms with Gasteiger partial charge in [-0.25, -0.2) is 4.39 Å². The van der Waals surface area contributed by atoms with E-state index < -0.39 is 6.10 Å². The molecule has 2 heterocycles. The summed E-state index contributed by atoms with van der Waals surface area (Å²) < 4.78 is 18.7. The summed E-state index contributed by atoms with van der Waals surface area (Å²) in [5.74, 6) is 0.489. The maximum Gasteiger partial charge on any atom is 0.244 e. The molecule has 0 aliphatic carbocycles. The number of aliphatic hydroxyl groups excluding tert-OH is 1. The molecule has 1 aromatic carbocycles. The molecule has 0 saturated carbocycles. The van der Waals surface area contributed by atoms with Crippen LogP contribution in [0.3, 0.4) is 0 Å². The van der Waals surface area contributed by atoms with Crippen molar-refractivity contribution in [3.8, 4) is 11.4 Å². The van der Waals surface area contributed by atoms with Crippen molar-refractivity contribution < 1.29 is 14.0 Å². The summed E-state index contributed by atoms with van der Waals surface area (Å²) in [7, 11) is 0. The van der Waals surface area contributed by atoms with Crippen LogP contribution in [-0.4, -0.2) is 27.9 Å². The highest BCUT2D eigenvalue weighted by Gasteiger charge is 2.28. The number of benzene rings is 1. The van der Waals surface area contributed by atoms with Gasteiger partial charge in [0.05, 0.1) is 12.1 Å². The lowest BCUT2D eigenvalue weighted by molar-refractivity contribution is 0.191. The highest BCUT2D eigenvalue weighted by molar-refractivity contribution is 5.85. The zero-order chi connectivity index (χ0) is 13.4. The highest BCUT2D eigenvalue weighted by Crippen LogP contribution is 2.25. The molecule has 0 radical (unpaired) electrons. The lowest BCUT2D eigenvalue weighted by atomic mass is 10.1. The van der Waals surface area contributed by atoms with Gasteiger partial charge < -0.3 is 14.9 Å². The molecule has 1 saturated heterocycles. The van der Waals surface area contributed by atoms with Crippen LogP contribution < -0.4 is 5.32 Å². The molecule has 20 heavy (non-hydrogen) atoms. The van der Waals surface area contributed by atoms with Crippen LogP contribution in [0.15, 0.2) is 22.7 Å². The highest BCUT2D eigenvalue weighted by atomic mass is 35.5. The average molecular weight is 300 g/mol. The van der Waals surface area contributed by atoms with Gasteiger partial charge in [-0.05, 0) is 25.0 Å². The van der Waals surface area contributed by atoms with E-state index in [1.807, 2.05) is 0 Å². The Bertz CT molecular complexity index is 605. The third-order valence-electron chi connectivity index (χ3n) is 3.28. The number of nitrogens with zero attached hydrogens (tertiary/aromatic N) is 2. The molecule has 1 aromatic heterocycles. The molecular weight excluding hydrogens is 285 g/mol. The molecule has 5 nitrogen and oxygen atoms in total. The summed E-state index contributed by atoms with van der Waals surface area (Å²) in [6.45, 7) is 2.21. The van der Waals surface area contributed by atoms with E-state index >= 15 is 0 Å². The van der Waals surface area contributed by atoms with Gasteiger partial charge in [0, 0.05) is 12.1 Å². The molecule has 3 rings (SSSR count). The predicted octanol–water partition coefficient (Wildman–Crippen LogP) is 2.00. The largest absolute Gasteiger partial charge is 0.392 e. The number of aromatic nitrogens is 2. The minimum absolute atomic E-state index is 0. The second-order valence-electron chi connectivity index (χ2n) is 4.77. The predicted molar refractivity (Wildman–Crippen MR) is 73.0 cm³/mol. The average Bonchev–Trinajstić information content (AvgIpc) is 3.01. The first-order valence-electron chi connectivity index (χ1n) is 6.15. The molecule has 0 spiro atoms. The second-order valence-corrected chi connectivity index (χ2v) is 4.77. The topological polar surface area (TPSA) is 71.2 Å². The van der Waals surface area contributed by atoms with Crippen molar-refractivity contribution in [1.29, 1.82) is 0 Å². The van der Waals surface area contributed by atoms with Crippen LogP contribution in [0.25, 0.3) is 11.4 Å². The van der Waals surface area contributed by atoms with E-state index in [4.69, 9.17) is 4.52 Å². The van der Waals surface area contributed by atoms with E-state index in [1.165, 1.54) is 6.07 Å². The van der Waals surface area contributed by atoms with Gasteiger partial charge in [0.25, 0.3) is 0 Å². The number of hydrogen-bond donors (Lipinski definition) is 2. The SMILES string of the molecule is Cc1ccc(-c2noc([C@H]3C[C@H](O)CN3)n2)cc1F.Cl. The molecular formula is C13H15ClFN3O2. The van der Waals surface area contributed by atoms with Crippen LogP contribution in [0.1, 0.15) is 23.9 Å². The summed E-state index contributed by atoms with van der Waals surface area (Å²) in [6.07, 6.45) is 0.154. The van der Waals surface area contributed by atoms with Crippen molar-refractivity contribution in [1.82, 2.24) is 15.5 Å². The first-order chi connectivity index (χ1) is 9.13. The number of halogens is 2. The van der Waals surface area contributed by atoms with Gasteiger partial charge in [-0.1, -0.05) is 17.3 Å². The molecule has 0 unspecified atom stereocenters. The molecule has 0 amide bonds. The van der Waals surface area contributed by atoms with Crippen LogP contribution >= 0.6 is 12.4 Å². The third kappa shape index (κ3) is 2.82. The lowest BCUT2D eigenvalue weighted by Crippen LogP contribution is -2.15. The van der Waals surface area contributed by atoms with Crippen molar-refractivity contribution in [3.63, 3.8) is 0 Å². The fourth-order valence-electron chi connectivity index (χ4n) is 2.13. The third-order valence-corrected chi connectivity index (χ3v) is 3.28. The van der Waals surface area contributed by atoms with E-state index in [2.05, 4.69) is 15.5 Å². The lowest BCUT2D eigenvalue weighted by Gasteiger charge is -2.01. The summed E-state index contributed by atoms with van der Waals surface area (Å²) >= 11 is 0. The minimum Gasteiger partial charge on any atom is -0.392 e.